The molecule has 0 bridgehead atoms. The molecule has 0 radical (unpaired) electrons. The van der Waals surface area contributed by atoms with Crippen LogP contribution in [0.3, 0.4) is 0 Å². The van der Waals surface area contributed by atoms with Gasteiger partial charge in [0.25, 0.3) is 5.56 Å². The van der Waals surface area contributed by atoms with E-state index in [1.165, 1.54) is 19.2 Å². The summed E-state index contributed by atoms with van der Waals surface area (Å²) in [4.78, 5) is 20.5. The first-order chi connectivity index (χ1) is 8.74. The van der Waals surface area contributed by atoms with Crippen LogP contribution in [0.4, 0.5) is 11.5 Å². The lowest BCUT2D eigenvalue weighted by Gasteiger charge is -2.30. The Balaban J connectivity index is 2.26. The molecule has 0 spiro atoms. The van der Waals surface area contributed by atoms with Crippen LogP contribution in [-0.2, 0) is 0 Å². The summed E-state index contributed by atoms with van der Waals surface area (Å²) >= 11 is 0. The van der Waals surface area contributed by atoms with Gasteiger partial charge in [0, 0.05) is 12.6 Å². The molecule has 18 heavy (non-hydrogen) atoms. The zero-order valence-corrected chi connectivity index (χ0v) is 10.6. The van der Waals surface area contributed by atoms with Crippen molar-refractivity contribution in [2.24, 2.45) is 5.73 Å². The number of aromatic amines is 1. The molecule has 1 saturated carbocycles. The summed E-state index contributed by atoms with van der Waals surface area (Å²) in [6.07, 6.45) is 7.03. The monoisotopic (exact) mass is 251 g/mol. The lowest BCUT2D eigenvalue weighted by molar-refractivity contribution is 0.587. The largest absolute Gasteiger partial charge is 0.391 e. The number of hydrogen-bond acceptors (Lipinski definition) is 5. The smallest absolute Gasteiger partial charge is 0.276 e. The average Bonchev–Trinajstić information content (AvgIpc) is 2.88. The van der Waals surface area contributed by atoms with Crippen LogP contribution >= 0.6 is 0 Å². The molecule has 1 heterocycles. The lowest BCUT2D eigenvalue weighted by Crippen LogP contribution is -2.37. The van der Waals surface area contributed by atoms with Crippen molar-refractivity contribution < 1.29 is 0 Å². The molecule has 1 aromatic rings. The van der Waals surface area contributed by atoms with Gasteiger partial charge in [0.05, 0.1) is 6.33 Å². The van der Waals surface area contributed by atoms with Crippen molar-refractivity contribution in [2.75, 3.05) is 23.7 Å². The fraction of sp³-hybridized carbons (Fsp3) is 0.667. The van der Waals surface area contributed by atoms with Gasteiger partial charge in [-0.25, -0.2) is 4.98 Å². The molecule has 5 N–H and O–H groups in total. The molecule has 2 rings (SSSR count). The Bertz CT molecular complexity index is 438. The summed E-state index contributed by atoms with van der Waals surface area (Å²) in [6, 6.07) is 0.438. The van der Waals surface area contributed by atoms with Gasteiger partial charge in [-0.2, -0.15) is 0 Å². The van der Waals surface area contributed by atoms with Gasteiger partial charge in [-0.05, 0) is 25.8 Å². The van der Waals surface area contributed by atoms with Crippen molar-refractivity contribution in [3.8, 4) is 0 Å². The number of nitrogens with zero attached hydrogens (tertiary/aromatic N) is 2. The summed E-state index contributed by atoms with van der Waals surface area (Å²) in [5.41, 5.74) is 11.4. The first kappa shape index (κ1) is 12.9. The van der Waals surface area contributed by atoms with Crippen LogP contribution in [0.15, 0.2) is 11.1 Å². The van der Waals surface area contributed by atoms with E-state index in [0.717, 1.165) is 25.8 Å². The lowest BCUT2D eigenvalue weighted by atomic mass is 10.2. The van der Waals surface area contributed by atoms with Crippen molar-refractivity contribution >= 4 is 11.5 Å². The van der Waals surface area contributed by atoms with Crippen LogP contribution in [-0.4, -0.2) is 29.1 Å². The molecule has 0 amide bonds. The van der Waals surface area contributed by atoms with Crippen molar-refractivity contribution in [2.45, 2.75) is 38.1 Å². The Kier molecular flexibility index (Phi) is 4.19. The van der Waals surface area contributed by atoms with Gasteiger partial charge in [-0.1, -0.05) is 12.8 Å². The van der Waals surface area contributed by atoms with Gasteiger partial charge in [-0.3, -0.25) is 4.79 Å². The Labute approximate surface area is 106 Å². The second-order valence-corrected chi connectivity index (χ2v) is 4.74. The third-order valence-electron chi connectivity index (χ3n) is 3.51. The summed E-state index contributed by atoms with van der Waals surface area (Å²) in [5, 5.41) is 0. The second-order valence-electron chi connectivity index (χ2n) is 4.74. The van der Waals surface area contributed by atoms with Crippen LogP contribution in [0.25, 0.3) is 0 Å². The SMILES string of the molecule is NCCCN(c1nc[nH]c(=O)c1N)C1CCCC1. The zero-order chi connectivity index (χ0) is 13.0. The number of hydrogen-bond donors (Lipinski definition) is 3. The summed E-state index contributed by atoms with van der Waals surface area (Å²) < 4.78 is 0. The van der Waals surface area contributed by atoms with Crippen molar-refractivity contribution in [1.82, 2.24) is 9.97 Å². The topological polar surface area (TPSA) is 101 Å². The molecule has 0 saturated heterocycles. The number of H-pyrrole nitrogens is 1. The van der Waals surface area contributed by atoms with Crippen LogP contribution in [0.5, 0.6) is 0 Å². The molecule has 1 fully saturated rings. The average molecular weight is 251 g/mol. The van der Waals surface area contributed by atoms with Crippen molar-refractivity contribution in [3.05, 3.63) is 16.7 Å². The molecule has 1 aromatic heterocycles. The number of nitrogen functional groups attached to an aromatic ring is 1. The van der Waals surface area contributed by atoms with E-state index in [2.05, 4.69) is 14.9 Å². The highest BCUT2D eigenvalue weighted by atomic mass is 16.1. The molecule has 0 atom stereocenters. The Morgan fingerprint density at radius 2 is 2.17 bits per heavy atom. The molecule has 0 aromatic carbocycles. The van der Waals surface area contributed by atoms with Crippen LogP contribution in [0, 0.1) is 0 Å². The fourth-order valence-corrected chi connectivity index (χ4v) is 2.57. The third-order valence-corrected chi connectivity index (χ3v) is 3.51. The maximum absolute atomic E-state index is 11.6. The minimum atomic E-state index is -0.268. The molecule has 0 aliphatic heterocycles. The maximum atomic E-state index is 11.6. The Morgan fingerprint density at radius 1 is 1.44 bits per heavy atom. The van der Waals surface area contributed by atoms with Crippen LogP contribution in [0.1, 0.15) is 32.1 Å². The fourth-order valence-electron chi connectivity index (χ4n) is 2.57. The molecule has 1 aliphatic carbocycles. The van der Waals surface area contributed by atoms with Gasteiger partial charge >= 0.3 is 0 Å². The van der Waals surface area contributed by atoms with Crippen LogP contribution < -0.4 is 21.9 Å². The van der Waals surface area contributed by atoms with Crippen molar-refractivity contribution in [3.63, 3.8) is 0 Å². The number of nitrogens with one attached hydrogen (secondary N) is 1. The highest BCUT2D eigenvalue weighted by Gasteiger charge is 2.25. The van der Waals surface area contributed by atoms with E-state index in [-0.39, 0.29) is 11.2 Å². The van der Waals surface area contributed by atoms with E-state index in [4.69, 9.17) is 11.5 Å². The van der Waals surface area contributed by atoms with Gasteiger partial charge in [-0.15, -0.1) is 0 Å². The highest BCUT2D eigenvalue weighted by Crippen LogP contribution is 2.28. The summed E-state index contributed by atoms with van der Waals surface area (Å²) in [7, 11) is 0. The van der Waals surface area contributed by atoms with E-state index in [1.54, 1.807) is 0 Å². The molecule has 0 unspecified atom stereocenters. The van der Waals surface area contributed by atoms with E-state index >= 15 is 0 Å². The van der Waals surface area contributed by atoms with Crippen molar-refractivity contribution in [1.29, 1.82) is 0 Å². The zero-order valence-electron chi connectivity index (χ0n) is 10.6. The predicted octanol–water partition coefficient (Wildman–Crippen LogP) is 0.450. The molecule has 6 nitrogen and oxygen atoms in total. The molecule has 100 valence electrons. The normalized spacial score (nSPS) is 16.1. The number of nitrogens with two attached hydrogens (primary N) is 2. The quantitative estimate of drug-likeness (QED) is 0.705. The minimum absolute atomic E-state index is 0.210. The van der Waals surface area contributed by atoms with E-state index in [9.17, 15) is 4.79 Å². The van der Waals surface area contributed by atoms with Gasteiger partial charge < -0.3 is 21.4 Å². The van der Waals surface area contributed by atoms with Gasteiger partial charge in [0.1, 0.15) is 5.69 Å². The molecular formula is C12H21N5O. The first-order valence-corrected chi connectivity index (χ1v) is 6.54. The van der Waals surface area contributed by atoms with Gasteiger partial charge in [0.15, 0.2) is 5.82 Å². The highest BCUT2D eigenvalue weighted by molar-refractivity contribution is 5.61. The predicted molar refractivity (Wildman–Crippen MR) is 72.5 cm³/mol. The Hall–Kier alpha value is -1.56. The van der Waals surface area contributed by atoms with Crippen LogP contribution in [0.2, 0.25) is 0 Å². The summed E-state index contributed by atoms with van der Waals surface area (Å²) in [6.45, 7) is 1.44. The number of aromatic nitrogens is 2. The first-order valence-electron chi connectivity index (χ1n) is 6.54. The minimum Gasteiger partial charge on any atom is -0.391 e. The number of rotatable bonds is 5. The second kappa shape index (κ2) is 5.86. The van der Waals surface area contributed by atoms with E-state index in [1.807, 2.05) is 0 Å². The summed E-state index contributed by atoms with van der Waals surface area (Å²) in [5.74, 6) is 0.610. The standard InChI is InChI=1S/C12H21N5O/c13-6-3-7-17(9-4-1-2-5-9)11-10(14)12(18)16-8-15-11/h8-9H,1-7,13-14H2,(H,15,16,18). The molecular weight excluding hydrogens is 230 g/mol. The maximum Gasteiger partial charge on any atom is 0.276 e. The van der Waals surface area contributed by atoms with E-state index in [0.29, 0.717) is 18.4 Å². The van der Waals surface area contributed by atoms with E-state index < -0.39 is 0 Å². The van der Waals surface area contributed by atoms with Gasteiger partial charge in [0.2, 0.25) is 0 Å². The number of anilines is 2. The molecule has 1 aliphatic rings. The third kappa shape index (κ3) is 2.64. The Morgan fingerprint density at radius 3 is 2.83 bits per heavy atom. The molecule has 6 heteroatoms.